The van der Waals surface area contributed by atoms with Gasteiger partial charge in [-0.2, -0.15) is 0 Å². The fourth-order valence-electron chi connectivity index (χ4n) is 2.34. The summed E-state index contributed by atoms with van der Waals surface area (Å²) in [5, 5.41) is 3.38. The molecule has 0 spiro atoms. The lowest BCUT2D eigenvalue weighted by molar-refractivity contribution is 0.585. The highest BCUT2D eigenvalue weighted by Crippen LogP contribution is 2.18. The minimum atomic E-state index is -0.361. The third-order valence-electron chi connectivity index (χ3n) is 3.46. The van der Waals surface area contributed by atoms with Crippen molar-refractivity contribution in [2.24, 2.45) is 0 Å². The molecule has 2 heterocycles. The van der Waals surface area contributed by atoms with Crippen LogP contribution in [0.4, 0.5) is 4.39 Å². The van der Waals surface area contributed by atoms with Gasteiger partial charge in [-0.1, -0.05) is 29.8 Å². The number of benzene rings is 1. The molecule has 108 valence electrons. The monoisotopic (exact) mass is 303 g/mol. The molecule has 3 nitrogen and oxygen atoms in total. The second-order valence-electron chi connectivity index (χ2n) is 4.95. The van der Waals surface area contributed by atoms with Crippen LogP contribution >= 0.6 is 11.6 Å². The SMILES string of the molecule is Cc1cccn2c(CNCc3cccc(Cl)c3F)cnc12. The van der Waals surface area contributed by atoms with E-state index in [1.807, 2.05) is 35.9 Å². The molecule has 0 atom stereocenters. The molecule has 1 N–H and O–H groups in total. The van der Waals surface area contributed by atoms with Gasteiger partial charge in [0.1, 0.15) is 11.5 Å². The maximum absolute atomic E-state index is 13.8. The second kappa shape index (κ2) is 5.84. The summed E-state index contributed by atoms with van der Waals surface area (Å²) in [6, 6.07) is 9.05. The number of fused-ring (bicyclic) bond motifs is 1. The summed E-state index contributed by atoms with van der Waals surface area (Å²) in [4.78, 5) is 4.40. The maximum Gasteiger partial charge on any atom is 0.146 e. The predicted molar refractivity (Wildman–Crippen MR) is 81.9 cm³/mol. The molecule has 0 aliphatic carbocycles. The van der Waals surface area contributed by atoms with Gasteiger partial charge in [0.05, 0.1) is 16.9 Å². The van der Waals surface area contributed by atoms with Gasteiger partial charge in [0, 0.05) is 24.8 Å². The van der Waals surface area contributed by atoms with Crippen LogP contribution in [0.1, 0.15) is 16.8 Å². The van der Waals surface area contributed by atoms with Crippen LogP contribution in [-0.4, -0.2) is 9.38 Å². The van der Waals surface area contributed by atoms with Gasteiger partial charge in [0.25, 0.3) is 0 Å². The molecule has 0 unspecified atom stereocenters. The lowest BCUT2D eigenvalue weighted by atomic mass is 10.2. The van der Waals surface area contributed by atoms with E-state index < -0.39 is 0 Å². The second-order valence-corrected chi connectivity index (χ2v) is 5.36. The van der Waals surface area contributed by atoms with Gasteiger partial charge in [-0.05, 0) is 24.6 Å². The van der Waals surface area contributed by atoms with Crippen LogP contribution in [0.25, 0.3) is 5.65 Å². The number of hydrogen-bond donors (Lipinski definition) is 1. The zero-order chi connectivity index (χ0) is 14.8. The summed E-state index contributed by atoms with van der Waals surface area (Å²) < 4.78 is 15.8. The van der Waals surface area contributed by atoms with Gasteiger partial charge < -0.3 is 9.72 Å². The van der Waals surface area contributed by atoms with E-state index in [0.717, 1.165) is 16.9 Å². The summed E-state index contributed by atoms with van der Waals surface area (Å²) in [6.45, 7) is 3.06. The third-order valence-corrected chi connectivity index (χ3v) is 3.75. The van der Waals surface area contributed by atoms with Crippen molar-refractivity contribution in [2.75, 3.05) is 0 Å². The standard InChI is InChI=1S/C16H15ClFN3/c1-11-4-3-7-21-13(10-20-16(11)21)9-19-8-12-5-2-6-14(17)15(12)18/h2-7,10,19H,8-9H2,1H3. The highest BCUT2D eigenvalue weighted by Gasteiger charge is 2.07. The smallest absolute Gasteiger partial charge is 0.146 e. The number of nitrogens with one attached hydrogen (secondary N) is 1. The van der Waals surface area contributed by atoms with Crippen molar-refractivity contribution < 1.29 is 4.39 Å². The molecule has 3 aromatic rings. The Bertz CT molecular complexity index is 782. The zero-order valence-corrected chi connectivity index (χ0v) is 12.4. The Morgan fingerprint density at radius 1 is 1.24 bits per heavy atom. The van der Waals surface area contributed by atoms with Crippen LogP contribution in [0.2, 0.25) is 5.02 Å². The Morgan fingerprint density at radius 3 is 2.95 bits per heavy atom. The Labute approximate surface area is 127 Å². The van der Waals surface area contributed by atoms with E-state index in [2.05, 4.69) is 10.3 Å². The predicted octanol–water partition coefficient (Wildman–Crippen LogP) is 3.73. The van der Waals surface area contributed by atoms with E-state index in [0.29, 0.717) is 18.7 Å². The summed E-state index contributed by atoms with van der Waals surface area (Å²) in [5.41, 5.74) is 3.68. The van der Waals surface area contributed by atoms with E-state index >= 15 is 0 Å². The van der Waals surface area contributed by atoms with Gasteiger partial charge in [-0.15, -0.1) is 0 Å². The molecule has 0 bridgehead atoms. The van der Waals surface area contributed by atoms with Crippen molar-refractivity contribution in [3.8, 4) is 0 Å². The van der Waals surface area contributed by atoms with Crippen molar-refractivity contribution >= 4 is 17.2 Å². The Kier molecular flexibility index (Phi) is 3.90. The first kappa shape index (κ1) is 14.0. The van der Waals surface area contributed by atoms with E-state index in [9.17, 15) is 4.39 Å². The molecule has 0 amide bonds. The van der Waals surface area contributed by atoms with Crippen molar-refractivity contribution in [3.63, 3.8) is 0 Å². The first-order valence-electron chi connectivity index (χ1n) is 6.72. The molecule has 0 aliphatic heterocycles. The first-order valence-corrected chi connectivity index (χ1v) is 7.10. The summed E-state index contributed by atoms with van der Waals surface area (Å²) in [6.07, 6.45) is 3.82. The molecule has 0 aliphatic rings. The van der Waals surface area contributed by atoms with Crippen molar-refractivity contribution in [2.45, 2.75) is 20.0 Å². The topological polar surface area (TPSA) is 29.3 Å². The van der Waals surface area contributed by atoms with Gasteiger partial charge in [0.15, 0.2) is 0 Å². The molecule has 5 heteroatoms. The average Bonchev–Trinajstić information content (AvgIpc) is 2.88. The minimum Gasteiger partial charge on any atom is -0.307 e. The number of aryl methyl sites for hydroxylation is 1. The van der Waals surface area contributed by atoms with E-state index in [1.54, 1.807) is 18.2 Å². The molecule has 21 heavy (non-hydrogen) atoms. The van der Waals surface area contributed by atoms with Gasteiger partial charge in [-0.3, -0.25) is 0 Å². The molecule has 0 fully saturated rings. The van der Waals surface area contributed by atoms with Crippen LogP contribution in [0, 0.1) is 12.7 Å². The van der Waals surface area contributed by atoms with E-state index in [4.69, 9.17) is 11.6 Å². The van der Waals surface area contributed by atoms with Crippen LogP contribution in [0.15, 0.2) is 42.7 Å². The van der Waals surface area contributed by atoms with E-state index in [1.165, 1.54) is 0 Å². The van der Waals surface area contributed by atoms with Gasteiger partial charge >= 0.3 is 0 Å². The molecule has 0 radical (unpaired) electrons. The lowest BCUT2D eigenvalue weighted by Gasteiger charge is -2.07. The quantitative estimate of drug-likeness (QED) is 0.796. The number of halogens is 2. The summed E-state index contributed by atoms with van der Waals surface area (Å²) in [7, 11) is 0. The summed E-state index contributed by atoms with van der Waals surface area (Å²) >= 11 is 5.77. The first-order chi connectivity index (χ1) is 10.2. The number of rotatable bonds is 4. The average molecular weight is 304 g/mol. The van der Waals surface area contributed by atoms with Crippen LogP contribution < -0.4 is 5.32 Å². The highest BCUT2D eigenvalue weighted by atomic mass is 35.5. The molecule has 3 rings (SSSR count). The number of imidazole rings is 1. The number of hydrogen-bond acceptors (Lipinski definition) is 2. The van der Waals surface area contributed by atoms with Crippen molar-refractivity contribution in [3.05, 3.63) is 70.4 Å². The molecular weight excluding hydrogens is 289 g/mol. The van der Waals surface area contributed by atoms with Crippen molar-refractivity contribution in [1.29, 1.82) is 0 Å². The van der Waals surface area contributed by atoms with Gasteiger partial charge in [0.2, 0.25) is 0 Å². The molecule has 0 saturated carbocycles. The zero-order valence-electron chi connectivity index (χ0n) is 11.6. The molecule has 0 saturated heterocycles. The summed E-state index contributed by atoms with van der Waals surface area (Å²) in [5.74, 6) is -0.361. The Balaban J connectivity index is 1.73. The third kappa shape index (κ3) is 2.77. The van der Waals surface area contributed by atoms with Crippen molar-refractivity contribution in [1.82, 2.24) is 14.7 Å². The number of pyridine rings is 1. The highest BCUT2D eigenvalue weighted by molar-refractivity contribution is 6.30. The molecule has 1 aromatic carbocycles. The molecule has 2 aromatic heterocycles. The largest absolute Gasteiger partial charge is 0.307 e. The van der Waals surface area contributed by atoms with Crippen LogP contribution in [-0.2, 0) is 13.1 Å². The minimum absolute atomic E-state index is 0.153. The fourth-order valence-corrected chi connectivity index (χ4v) is 2.54. The lowest BCUT2D eigenvalue weighted by Crippen LogP contribution is -2.15. The molecular formula is C16H15ClFN3. The Morgan fingerprint density at radius 2 is 2.10 bits per heavy atom. The Hall–Kier alpha value is -1.91. The van der Waals surface area contributed by atoms with Crippen LogP contribution in [0.5, 0.6) is 0 Å². The van der Waals surface area contributed by atoms with Crippen LogP contribution in [0.3, 0.4) is 0 Å². The van der Waals surface area contributed by atoms with E-state index in [-0.39, 0.29) is 10.8 Å². The van der Waals surface area contributed by atoms with Gasteiger partial charge in [-0.25, -0.2) is 9.37 Å². The number of aromatic nitrogens is 2. The maximum atomic E-state index is 13.8. The normalized spacial score (nSPS) is 11.2. The number of nitrogens with zero attached hydrogens (tertiary/aromatic N) is 2. The fraction of sp³-hybridized carbons (Fsp3) is 0.188.